The molecule has 0 spiro atoms. The zero-order chi connectivity index (χ0) is 48.0. The van der Waals surface area contributed by atoms with E-state index in [4.69, 9.17) is 13.8 Å². The summed E-state index contributed by atoms with van der Waals surface area (Å²) < 4.78 is 30.1. The summed E-state index contributed by atoms with van der Waals surface area (Å²) in [6.45, 7) is 6.81. The topological polar surface area (TPSA) is 114 Å². The highest BCUT2D eigenvalue weighted by atomic mass is 31.2. The monoisotopic (exact) mass is 937 g/mol. The predicted molar refractivity (Wildman–Crippen MR) is 275 cm³/mol. The Hall–Kier alpha value is -1.77. The summed E-state index contributed by atoms with van der Waals surface area (Å²) in [6.07, 6.45) is 52.5. The van der Waals surface area contributed by atoms with Gasteiger partial charge in [0.25, 0.3) is 7.82 Å². The molecular weight excluding hydrogens is 832 g/mol. The zero-order valence-electron chi connectivity index (χ0n) is 43.4. The molecule has 0 aromatic carbocycles. The van der Waals surface area contributed by atoms with Crippen LogP contribution in [0.4, 0.5) is 0 Å². The van der Waals surface area contributed by atoms with Crippen molar-refractivity contribution >= 4 is 19.7 Å². The molecule has 0 heterocycles. The number of quaternary nitrogens is 1. The molecule has 0 aromatic rings. The number of carbonyl (C=O) groups is 2. The molecule has 0 aromatic heterocycles. The normalized spacial score (nSPS) is 14.1. The molecule has 0 aliphatic carbocycles. The average Bonchev–Trinajstić information content (AvgIpc) is 3.26. The van der Waals surface area contributed by atoms with E-state index in [-0.39, 0.29) is 31.3 Å². The second-order valence-electron chi connectivity index (χ2n) is 19.8. The number of nitrogens with zero attached hydrogens (tertiary/aromatic N) is 1. The summed E-state index contributed by atoms with van der Waals surface area (Å²) in [5, 5.41) is 3.00. The number of nitrogens with one attached hydrogen (secondary N) is 1. The van der Waals surface area contributed by atoms with Crippen LogP contribution in [0.1, 0.15) is 252 Å². The van der Waals surface area contributed by atoms with E-state index < -0.39 is 26.6 Å². The second-order valence-corrected chi connectivity index (χ2v) is 21.2. The van der Waals surface area contributed by atoms with Gasteiger partial charge in [-0.3, -0.25) is 14.2 Å². The highest BCUT2D eigenvalue weighted by Gasteiger charge is 2.27. The Morgan fingerprint density at radius 3 is 1.37 bits per heavy atom. The summed E-state index contributed by atoms with van der Waals surface area (Å²) in [7, 11) is 1.17. The van der Waals surface area contributed by atoms with Crippen molar-refractivity contribution in [3.05, 3.63) is 36.5 Å². The van der Waals surface area contributed by atoms with Crippen LogP contribution in [0.15, 0.2) is 36.5 Å². The number of hydrogen-bond donors (Lipinski definition) is 1. The number of ether oxygens (including phenoxy) is 1. The molecule has 3 unspecified atom stereocenters. The van der Waals surface area contributed by atoms with Gasteiger partial charge >= 0.3 is 5.97 Å². The Morgan fingerprint density at radius 1 is 0.538 bits per heavy atom. The molecule has 0 rings (SSSR count). The van der Waals surface area contributed by atoms with Crippen LogP contribution in [0.25, 0.3) is 0 Å². The number of phosphoric ester groups is 1. The second kappa shape index (κ2) is 46.0. The fourth-order valence-electron chi connectivity index (χ4n) is 7.81. The van der Waals surface area contributed by atoms with Crippen molar-refractivity contribution in [2.45, 2.75) is 264 Å². The van der Waals surface area contributed by atoms with Crippen LogP contribution in [0.5, 0.6) is 0 Å². The highest BCUT2D eigenvalue weighted by molar-refractivity contribution is 7.45. The van der Waals surface area contributed by atoms with Gasteiger partial charge in [0, 0.05) is 12.8 Å². The smallest absolute Gasteiger partial charge is 0.306 e. The third kappa shape index (κ3) is 47.1. The van der Waals surface area contributed by atoms with Crippen LogP contribution in [0.3, 0.4) is 0 Å². The average molecular weight is 937 g/mol. The minimum Gasteiger partial charge on any atom is -0.756 e. The van der Waals surface area contributed by atoms with E-state index in [0.29, 0.717) is 17.4 Å². The van der Waals surface area contributed by atoms with E-state index in [0.717, 1.165) is 64.2 Å². The van der Waals surface area contributed by atoms with E-state index in [1.54, 1.807) is 0 Å². The van der Waals surface area contributed by atoms with Gasteiger partial charge in [0.2, 0.25) is 5.91 Å². The molecule has 0 aliphatic heterocycles. The molecule has 0 fully saturated rings. The number of likely N-dealkylation sites (N-methyl/N-ethyl adjacent to an activating group) is 1. The first kappa shape index (κ1) is 63.2. The van der Waals surface area contributed by atoms with Gasteiger partial charge in [0.05, 0.1) is 33.8 Å². The Kier molecular flexibility index (Phi) is 44.7. The lowest BCUT2D eigenvalue weighted by molar-refractivity contribution is -0.870. The third-order valence-electron chi connectivity index (χ3n) is 12.1. The SMILES string of the molecule is CCCCCCCCC/C=C/C=C/CCCCCC(=O)NC(COP(=O)([O-])OCC[N+](C)(C)C)C(/C=C\CCCCCCCCCCCC)OC(=O)CCCCCCCCCCCCC. The first-order valence-corrected chi connectivity index (χ1v) is 28.8. The van der Waals surface area contributed by atoms with E-state index in [9.17, 15) is 19.0 Å². The maximum absolute atomic E-state index is 13.4. The Morgan fingerprint density at radius 2 is 0.923 bits per heavy atom. The van der Waals surface area contributed by atoms with Gasteiger partial charge in [-0.2, -0.15) is 0 Å². The molecular formula is C55H105N2O7P. The number of unbranched alkanes of at least 4 members (excludes halogenated alkanes) is 30. The number of phosphoric acid groups is 1. The highest BCUT2D eigenvalue weighted by Crippen LogP contribution is 2.38. The predicted octanol–water partition coefficient (Wildman–Crippen LogP) is 15.4. The van der Waals surface area contributed by atoms with Crippen LogP contribution >= 0.6 is 7.82 Å². The van der Waals surface area contributed by atoms with Gasteiger partial charge in [-0.15, -0.1) is 0 Å². The summed E-state index contributed by atoms with van der Waals surface area (Å²) in [4.78, 5) is 39.7. The van der Waals surface area contributed by atoms with E-state index >= 15 is 0 Å². The first-order valence-electron chi connectivity index (χ1n) is 27.3. The van der Waals surface area contributed by atoms with Crippen LogP contribution in [0.2, 0.25) is 0 Å². The van der Waals surface area contributed by atoms with Crippen molar-refractivity contribution in [1.82, 2.24) is 5.32 Å². The standard InChI is InChI=1S/C55H105N2O7P/c1-7-10-13-16-19-22-25-27-28-29-30-33-35-38-41-44-47-54(58)56-52(51-63-65(60,61)62-50-49-57(4,5)6)53(46-43-40-37-34-32-26-23-20-17-14-11-8-2)64-55(59)48-45-42-39-36-31-24-21-18-15-12-9-3/h28-30,33,43,46,52-53H,7-27,31-32,34-42,44-45,47-51H2,1-6H3,(H-,56,58,60,61)/b29-28+,33-30+,46-43-. The Bertz CT molecular complexity index is 1220. The number of esters is 1. The largest absolute Gasteiger partial charge is 0.756 e. The van der Waals surface area contributed by atoms with Crippen LogP contribution in [0, 0.1) is 0 Å². The lowest BCUT2D eigenvalue weighted by atomic mass is 10.0. The summed E-state index contributed by atoms with van der Waals surface area (Å²) in [5.41, 5.74) is 0. The number of amides is 1. The first-order chi connectivity index (χ1) is 31.4. The van der Waals surface area contributed by atoms with Crippen molar-refractivity contribution in [1.29, 1.82) is 0 Å². The van der Waals surface area contributed by atoms with Gasteiger partial charge < -0.3 is 28.5 Å². The molecule has 0 saturated carbocycles. The molecule has 1 amide bonds. The minimum atomic E-state index is -4.69. The van der Waals surface area contributed by atoms with Crippen LogP contribution in [-0.4, -0.2) is 69.4 Å². The Labute approximate surface area is 402 Å². The van der Waals surface area contributed by atoms with Crippen molar-refractivity contribution < 1.29 is 37.3 Å². The molecule has 382 valence electrons. The molecule has 1 N–H and O–H groups in total. The van der Waals surface area contributed by atoms with Gasteiger partial charge in [0.1, 0.15) is 19.3 Å². The van der Waals surface area contributed by atoms with Gasteiger partial charge in [-0.25, -0.2) is 0 Å². The number of allylic oxidation sites excluding steroid dienone is 5. The lowest BCUT2D eigenvalue weighted by Gasteiger charge is -2.30. The summed E-state index contributed by atoms with van der Waals surface area (Å²) in [6, 6.07) is -0.896. The van der Waals surface area contributed by atoms with E-state index in [2.05, 4.69) is 50.4 Å². The van der Waals surface area contributed by atoms with Crippen molar-refractivity contribution in [3.8, 4) is 0 Å². The maximum Gasteiger partial charge on any atom is 0.306 e. The molecule has 0 bridgehead atoms. The quantitative estimate of drug-likeness (QED) is 0.0161. The molecule has 0 saturated heterocycles. The molecule has 3 atom stereocenters. The lowest BCUT2D eigenvalue weighted by Crippen LogP contribution is -2.47. The summed E-state index contributed by atoms with van der Waals surface area (Å²) in [5.74, 6) is -0.567. The number of rotatable bonds is 49. The van der Waals surface area contributed by atoms with Crippen LogP contribution < -0.4 is 10.2 Å². The van der Waals surface area contributed by atoms with Gasteiger partial charge in [-0.05, 0) is 57.4 Å². The number of carbonyl (C=O) groups excluding carboxylic acids is 2. The minimum absolute atomic E-state index is 0.0256. The molecule has 0 radical (unpaired) electrons. The molecule has 0 aliphatic rings. The molecule has 9 nitrogen and oxygen atoms in total. The van der Waals surface area contributed by atoms with E-state index in [1.807, 2.05) is 33.3 Å². The summed E-state index contributed by atoms with van der Waals surface area (Å²) >= 11 is 0. The maximum atomic E-state index is 13.4. The molecule has 65 heavy (non-hydrogen) atoms. The number of hydrogen-bond acceptors (Lipinski definition) is 7. The van der Waals surface area contributed by atoms with Gasteiger partial charge in [-0.1, -0.05) is 218 Å². The van der Waals surface area contributed by atoms with Crippen LogP contribution in [-0.2, 0) is 27.9 Å². The third-order valence-corrected chi connectivity index (χ3v) is 13.1. The van der Waals surface area contributed by atoms with E-state index in [1.165, 1.54) is 148 Å². The molecule has 10 heteroatoms. The Balaban J connectivity index is 5.42. The fraction of sp³-hybridized carbons (Fsp3) is 0.855. The zero-order valence-corrected chi connectivity index (χ0v) is 44.3. The fourth-order valence-corrected chi connectivity index (χ4v) is 8.53. The van der Waals surface area contributed by atoms with Crippen molar-refractivity contribution in [2.75, 3.05) is 40.9 Å². The van der Waals surface area contributed by atoms with Crippen molar-refractivity contribution in [2.24, 2.45) is 0 Å². The van der Waals surface area contributed by atoms with Gasteiger partial charge in [0.15, 0.2) is 0 Å². The van der Waals surface area contributed by atoms with Crippen molar-refractivity contribution in [3.63, 3.8) is 0 Å².